The van der Waals surface area contributed by atoms with E-state index in [1.54, 1.807) is 12.1 Å². The molecular formula is C24H24ClFN2O3S. The molecule has 2 aromatic carbocycles. The number of hydrogen-bond acceptors (Lipinski definition) is 3. The minimum absolute atomic E-state index is 0.00828. The molecule has 3 aromatic rings. The van der Waals surface area contributed by atoms with E-state index in [0.717, 1.165) is 48.5 Å². The number of Topliss-reactive ketones (excluding diaryl/α,β-unsaturated/α-hetero) is 1. The first-order chi connectivity index (χ1) is 15.1. The average Bonchev–Trinajstić information content (AvgIpc) is 2.94. The second-order valence-corrected chi connectivity index (χ2v) is 10.3. The number of ketones is 1. The Morgan fingerprint density at radius 2 is 1.78 bits per heavy atom. The molecule has 1 aromatic heterocycles. The molecule has 1 aliphatic rings. The summed E-state index contributed by atoms with van der Waals surface area (Å²) in [6, 6.07) is 11.0. The lowest BCUT2D eigenvalue weighted by molar-refractivity contribution is 0.0936. The number of sulfonamides is 1. The number of nitrogens with zero attached hydrogens (tertiary/aromatic N) is 1. The number of halogens is 2. The molecule has 0 radical (unpaired) electrons. The van der Waals surface area contributed by atoms with Crippen molar-refractivity contribution in [2.45, 2.75) is 44.4 Å². The smallest absolute Gasteiger partial charge is 0.240 e. The molecule has 1 aliphatic carbocycles. The van der Waals surface area contributed by atoms with Gasteiger partial charge in [-0.15, -0.1) is 0 Å². The molecule has 0 amide bonds. The lowest BCUT2D eigenvalue weighted by Gasteiger charge is -2.24. The summed E-state index contributed by atoms with van der Waals surface area (Å²) < 4.78 is 39.9. The first-order valence-electron chi connectivity index (χ1n) is 10.4. The second-order valence-electron chi connectivity index (χ2n) is 8.35. The average molecular weight is 475 g/mol. The van der Waals surface area contributed by atoms with Crippen molar-refractivity contribution in [3.63, 3.8) is 0 Å². The van der Waals surface area contributed by atoms with Gasteiger partial charge >= 0.3 is 0 Å². The molecule has 5 nitrogen and oxygen atoms in total. The normalized spacial score (nSPS) is 14.4. The van der Waals surface area contributed by atoms with Crippen molar-refractivity contribution in [3.8, 4) is 16.8 Å². The van der Waals surface area contributed by atoms with Crippen molar-refractivity contribution >= 4 is 27.4 Å². The molecule has 0 aliphatic heterocycles. The molecule has 0 spiro atoms. The lowest BCUT2D eigenvalue weighted by atomic mass is 9.80. The lowest BCUT2D eigenvalue weighted by Crippen LogP contribution is -2.17. The van der Waals surface area contributed by atoms with Crippen LogP contribution in [0.4, 0.5) is 4.39 Å². The van der Waals surface area contributed by atoms with Crippen LogP contribution in [0.3, 0.4) is 0 Å². The zero-order chi connectivity index (χ0) is 23.2. The molecule has 1 fully saturated rings. The van der Waals surface area contributed by atoms with Crippen molar-refractivity contribution in [2.75, 3.05) is 0 Å². The van der Waals surface area contributed by atoms with E-state index in [-0.39, 0.29) is 5.78 Å². The predicted octanol–water partition coefficient (Wildman–Crippen LogP) is 5.57. The molecule has 4 rings (SSSR count). The Balaban J connectivity index is 1.92. The number of carbonyl (C=O) groups is 1. The van der Waals surface area contributed by atoms with E-state index in [4.69, 9.17) is 16.7 Å². The molecule has 0 unspecified atom stereocenters. The maximum absolute atomic E-state index is 14.7. The Bertz CT molecular complexity index is 1310. The highest BCUT2D eigenvalue weighted by Gasteiger charge is 2.29. The third kappa shape index (κ3) is 4.12. The van der Waals surface area contributed by atoms with Crippen molar-refractivity contribution in [1.82, 2.24) is 4.57 Å². The van der Waals surface area contributed by atoms with E-state index in [9.17, 15) is 17.6 Å². The largest absolute Gasteiger partial charge is 0.317 e. The molecule has 1 heterocycles. The van der Waals surface area contributed by atoms with Crippen LogP contribution in [0.25, 0.3) is 16.8 Å². The molecule has 1 saturated carbocycles. The predicted molar refractivity (Wildman–Crippen MR) is 123 cm³/mol. The van der Waals surface area contributed by atoms with Crippen molar-refractivity contribution in [3.05, 3.63) is 70.3 Å². The van der Waals surface area contributed by atoms with Gasteiger partial charge in [-0.05, 0) is 61.7 Å². The molecular weight excluding hydrogens is 451 g/mol. The summed E-state index contributed by atoms with van der Waals surface area (Å²) in [6.45, 7) is 3.73. The molecule has 2 N–H and O–H groups in total. The van der Waals surface area contributed by atoms with Crippen LogP contribution in [0.15, 0.2) is 47.4 Å². The summed E-state index contributed by atoms with van der Waals surface area (Å²) in [5, 5.41) is 5.71. The molecule has 0 bridgehead atoms. The van der Waals surface area contributed by atoms with Crippen molar-refractivity contribution in [1.29, 1.82) is 0 Å². The van der Waals surface area contributed by atoms with Crippen LogP contribution in [0.1, 0.15) is 47.4 Å². The number of hydrogen-bond donors (Lipinski definition) is 1. The number of primary sulfonamides is 1. The maximum atomic E-state index is 14.7. The van der Waals surface area contributed by atoms with E-state index < -0.39 is 20.7 Å². The van der Waals surface area contributed by atoms with E-state index in [2.05, 4.69) is 0 Å². The van der Waals surface area contributed by atoms with Crippen LogP contribution >= 0.6 is 11.6 Å². The summed E-state index contributed by atoms with van der Waals surface area (Å²) in [7, 11) is -4.19. The second kappa shape index (κ2) is 8.46. The number of benzene rings is 2. The van der Waals surface area contributed by atoms with Crippen LogP contribution in [0.5, 0.6) is 0 Å². The van der Waals surface area contributed by atoms with E-state index >= 15 is 0 Å². The highest BCUT2D eigenvalue weighted by atomic mass is 35.5. The van der Waals surface area contributed by atoms with Crippen LogP contribution in [-0.4, -0.2) is 18.8 Å². The van der Waals surface area contributed by atoms with Crippen LogP contribution in [0.2, 0.25) is 5.02 Å². The minimum atomic E-state index is -4.19. The summed E-state index contributed by atoms with van der Waals surface area (Å²) in [5.74, 6) is -0.567. The van der Waals surface area contributed by atoms with Gasteiger partial charge in [0.1, 0.15) is 10.7 Å². The summed E-state index contributed by atoms with van der Waals surface area (Å²) in [6.07, 6.45) is 3.65. The highest BCUT2D eigenvalue weighted by molar-refractivity contribution is 7.89. The standard InChI is InChI=1S/C24H24ClFN2O3S/c1-14-23(17-6-11-22(20(26)13-17)32(27,30)31)24(21(29)12-16-4-3-5-16)15(2)28(14)19-9-7-18(25)8-10-19/h6-11,13,16H,3-5,12H2,1-2H3,(H2,27,30,31). The fraction of sp³-hybridized carbons (Fsp3) is 0.292. The number of nitrogens with two attached hydrogens (primary N) is 1. The van der Waals surface area contributed by atoms with Gasteiger partial charge in [0.25, 0.3) is 0 Å². The van der Waals surface area contributed by atoms with Gasteiger partial charge in [0, 0.05) is 39.6 Å². The SMILES string of the molecule is Cc1c(C(=O)CC2CCC2)c(-c2ccc(S(N)(=O)=O)c(F)c2)c(C)n1-c1ccc(Cl)cc1. The van der Waals surface area contributed by atoms with E-state index in [0.29, 0.717) is 34.1 Å². The van der Waals surface area contributed by atoms with Crippen molar-refractivity contribution in [2.24, 2.45) is 11.1 Å². The Hall–Kier alpha value is -2.48. The zero-order valence-electron chi connectivity index (χ0n) is 17.9. The van der Waals surface area contributed by atoms with Crippen LogP contribution in [0, 0.1) is 25.6 Å². The summed E-state index contributed by atoms with van der Waals surface area (Å²) >= 11 is 6.05. The van der Waals surface area contributed by atoms with Crippen LogP contribution < -0.4 is 5.14 Å². The summed E-state index contributed by atoms with van der Waals surface area (Å²) in [5.41, 5.74) is 3.90. The Morgan fingerprint density at radius 1 is 1.12 bits per heavy atom. The van der Waals surface area contributed by atoms with Gasteiger partial charge in [0.05, 0.1) is 0 Å². The van der Waals surface area contributed by atoms with Crippen molar-refractivity contribution < 1.29 is 17.6 Å². The Labute approximate surface area is 192 Å². The molecule has 168 valence electrons. The van der Waals surface area contributed by atoms with Gasteiger partial charge in [-0.1, -0.05) is 36.9 Å². The Kier molecular flexibility index (Phi) is 6.00. The third-order valence-corrected chi connectivity index (χ3v) is 7.43. The minimum Gasteiger partial charge on any atom is -0.317 e. The van der Waals surface area contributed by atoms with Gasteiger partial charge < -0.3 is 4.57 Å². The molecule has 0 saturated heterocycles. The van der Waals surface area contributed by atoms with Gasteiger partial charge in [-0.25, -0.2) is 17.9 Å². The Morgan fingerprint density at radius 3 is 2.31 bits per heavy atom. The number of carbonyl (C=O) groups excluding carboxylic acids is 1. The van der Waals surface area contributed by atoms with Gasteiger partial charge in [-0.2, -0.15) is 0 Å². The van der Waals surface area contributed by atoms with Crippen LogP contribution in [-0.2, 0) is 10.0 Å². The highest BCUT2D eigenvalue weighted by Crippen LogP contribution is 2.38. The molecule has 32 heavy (non-hydrogen) atoms. The fourth-order valence-electron chi connectivity index (χ4n) is 4.46. The zero-order valence-corrected chi connectivity index (χ0v) is 19.4. The number of aromatic nitrogens is 1. The summed E-state index contributed by atoms with van der Waals surface area (Å²) in [4.78, 5) is 12.8. The first-order valence-corrected chi connectivity index (χ1v) is 12.3. The monoisotopic (exact) mass is 474 g/mol. The quantitative estimate of drug-likeness (QED) is 0.474. The molecule has 8 heteroatoms. The number of rotatable bonds is 6. The van der Waals surface area contributed by atoms with Gasteiger partial charge in [0.2, 0.25) is 10.0 Å². The molecule has 0 atom stereocenters. The van der Waals surface area contributed by atoms with E-state index in [1.165, 1.54) is 6.07 Å². The van der Waals surface area contributed by atoms with Gasteiger partial charge in [-0.3, -0.25) is 4.79 Å². The fourth-order valence-corrected chi connectivity index (χ4v) is 5.17. The van der Waals surface area contributed by atoms with Gasteiger partial charge in [0.15, 0.2) is 5.78 Å². The first kappa shape index (κ1) is 22.7. The topological polar surface area (TPSA) is 82.2 Å². The van der Waals surface area contributed by atoms with E-state index in [1.807, 2.05) is 30.5 Å². The third-order valence-electron chi connectivity index (χ3n) is 6.23. The maximum Gasteiger partial charge on any atom is 0.240 e.